The Morgan fingerprint density at radius 3 is 2.09 bits per heavy atom. The van der Waals surface area contributed by atoms with Gasteiger partial charge in [0.1, 0.15) is 0 Å². The van der Waals surface area contributed by atoms with E-state index in [1.54, 1.807) is 44.9 Å². The fourth-order valence-corrected chi connectivity index (χ4v) is 13.5. The molecule has 1 N–H and O–H groups in total. The van der Waals surface area contributed by atoms with Crippen molar-refractivity contribution >= 4 is 0 Å². The second-order valence-electron chi connectivity index (χ2n) is 16.2. The van der Waals surface area contributed by atoms with Gasteiger partial charge in [-0.1, -0.05) is 20.8 Å². The number of fused-ring (bicyclic) bond motifs is 5. The molecule has 1 unspecified atom stereocenters. The van der Waals surface area contributed by atoms with Gasteiger partial charge in [-0.25, -0.2) is 0 Å². The summed E-state index contributed by atoms with van der Waals surface area (Å²) in [6.07, 6.45) is 25.1. The van der Waals surface area contributed by atoms with E-state index in [9.17, 15) is 5.11 Å². The maximum absolute atomic E-state index is 10.4. The van der Waals surface area contributed by atoms with Gasteiger partial charge in [-0.3, -0.25) is 0 Å². The summed E-state index contributed by atoms with van der Waals surface area (Å²) in [6.45, 7) is 8.11. The van der Waals surface area contributed by atoms with Gasteiger partial charge in [0.15, 0.2) is 0 Å². The van der Waals surface area contributed by atoms with Crippen molar-refractivity contribution in [1.82, 2.24) is 0 Å². The van der Waals surface area contributed by atoms with Crippen molar-refractivity contribution in [1.29, 1.82) is 0 Å². The van der Waals surface area contributed by atoms with Gasteiger partial charge in [-0.15, -0.1) is 0 Å². The highest BCUT2D eigenvalue weighted by molar-refractivity contribution is 5.10. The molecule has 0 spiro atoms. The quantitative estimate of drug-likeness (QED) is 0.439. The van der Waals surface area contributed by atoms with Gasteiger partial charge in [0, 0.05) is 0 Å². The van der Waals surface area contributed by atoms with E-state index in [4.69, 9.17) is 0 Å². The highest BCUT2D eigenvalue weighted by Crippen LogP contribution is 2.69. The Morgan fingerprint density at radius 1 is 0.735 bits per heavy atom. The van der Waals surface area contributed by atoms with Crippen LogP contribution < -0.4 is 0 Å². The first-order valence-electron chi connectivity index (χ1n) is 16.0. The van der Waals surface area contributed by atoms with Gasteiger partial charge in [0.05, 0.1) is 6.10 Å². The molecule has 0 aliphatic heterocycles. The molecule has 0 heterocycles. The predicted octanol–water partition coefficient (Wildman–Crippen LogP) is 8.64. The van der Waals surface area contributed by atoms with Crippen LogP contribution in [0.25, 0.3) is 0 Å². The summed E-state index contributed by atoms with van der Waals surface area (Å²) in [4.78, 5) is 0. The van der Waals surface area contributed by atoms with Crippen molar-refractivity contribution in [3.63, 3.8) is 0 Å². The smallest absolute Gasteiger partial charge is 0.0543 e. The van der Waals surface area contributed by atoms with Crippen molar-refractivity contribution < 1.29 is 5.11 Å². The molecule has 0 aromatic carbocycles. The summed E-state index contributed by atoms with van der Waals surface area (Å²) in [7, 11) is 0. The van der Waals surface area contributed by atoms with E-state index in [2.05, 4.69) is 20.8 Å². The van der Waals surface area contributed by atoms with Crippen LogP contribution in [0.1, 0.15) is 130 Å². The van der Waals surface area contributed by atoms with Crippen LogP contribution >= 0.6 is 0 Å². The first kappa shape index (κ1) is 23.1. The summed E-state index contributed by atoms with van der Waals surface area (Å²) >= 11 is 0. The van der Waals surface area contributed by atoms with Gasteiger partial charge in [-0.05, 0) is 179 Å². The third kappa shape index (κ3) is 3.40. The second kappa shape index (κ2) is 7.98. The van der Waals surface area contributed by atoms with Gasteiger partial charge < -0.3 is 5.11 Å². The van der Waals surface area contributed by atoms with Crippen LogP contribution in [0.3, 0.4) is 0 Å². The Bertz CT molecular complexity index is 750. The van der Waals surface area contributed by atoms with E-state index in [1.807, 2.05) is 0 Å². The van der Waals surface area contributed by atoms with Gasteiger partial charge >= 0.3 is 0 Å². The van der Waals surface area contributed by atoms with Crippen LogP contribution in [0.5, 0.6) is 0 Å². The molecule has 0 aromatic rings. The largest absolute Gasteiger partial charge is 0.393 e. The fourth-order valence-electron chi connectivity index (χ4n) is 13.5. The van der Waals surface area contributed by atoms with E-state index in [0.717, 1.165) is 71.5 Å². The molecule has 8 aliphatic carbocycles. The van der Waals surface area contributed by atoms with Crippen LogP contribution in [-0.2, 0) is 0 Å². The minimum absolute atomic E-state index is 0.00540. The highest BCUT2D eigenvalue weighted by Gasteiger charge is 2.60. The molecule has 8 rings (SSSR count). The molecule has 1 heteroatoms. The molecule has 0 radical (unpaired) electrons. The lowest BCUT2D eigenvalue weighted by Crippen LogP contribution is -2.54. The van der Waals surface area contributed by atoms with Gasteiger partial charge in [-0.2, -0.15) is 0 Å². The molecule has 34 heavy (non-hydrogen) atoms. The Labute approximate surface area is 210 Å². The lowest BCUT2D eigenvalue weighted by Gasteiger charge is -2.61. The Hall–Kier alpha value is -0.0400. The van der Waals surface area contributed by atoms with Crippen LogP contribution in [0.15, 0.2) is 0 Å². The number of hydrogen-bond donors (Lipinski definition) is 1. The molecule has 4 bridgehead atoms. The monoisotopic (exact) mass is 466 g/mol. The Balaban J connectivity index is 1.04. The SMILES string of the molecule is C[C@H](CCC12CC3CC(CC(C3)C1)C2)[C@H]1CC[C@H]2[C@@H]3CCC4C[C@@H](O)CC[C@]4(C)[C@H]3CC[C@]12C. The summed E-state index contributed by atoms with van der Waals surface area (Å²) in [5.41, 5.74) is 1.93. The van der Waals surface area contributed by atoms with Crippen LogP contribution in [-0.4, -0.2) is 11.2 Å². The zero-order valence-corrected chi connectivity index (χ0v) is 22.7. The number of aliphatic hydroxyl groups is 1. The lowest BCUT2D eigenvalue weighted by atomic mass is 9.44. The highest BCUT2D eigenvalue weighted by atomic mass is 16.3. The van der Waals surface area contributed by atoms with E-state index in [1.165, 1.54) is 51.4 Å². The minimum atomic E-state index is -0.00540. The zero-order valence-electron chi connectivity index (χ0n) is 22.7. The molecule has 0 saturated heterocycles. The molecule has 8 aliphatic rings. The summed E-state index contributed by atoms with van der Waals surface area (Å²) in [5.74, 6) is 9.03. The van der Waals surface area contributed by atoms with Crippen LogP contribution in [0.4, 0.5) is 0 Å². The molecule has 8 saturated carbocycles. The Kier molecular flexibility index (Phi) is 5.42. The summed E-state index contributed by atoms with van der Waals surface area (Å²) in [6, 6.07) is 0. The van der Waals surface area contributed by atoms with Crippen LogP contribution in [0, 0.1) is 69.5 Å². The standard InChI is InChI=1S/C33H54O/c1-21(8-13-33-18-22-14-23(19-33)16-24(15-22)20-33)28-6-7-29-27-5-4-25-17-26(34)9-11-31(25,2)30(27)10-12-32(28,29)3/h21-30,34H,4-20H2,1-3H3/t21-,22?,23?,24?,25?,26+,27+,28-,29+,30+,31+,32-,33?/m1/s1. The molecule has 1 nitrogen and oxygen atoms in total. The normalized spacial score (nSPS) is 58.8. The van der Waals surface area contributed by atoms with E-state index < -0.39 is 0 Å². The predicted molar refractivity (Wildman–Crippen MR) is 140 cm³/mol. The third-order valence-corrected chi connectivity index (χ3v) is 14.7. The van der Waals surface area contributed by atoms with Crippen molar-refractivity contribution in [2.24, 2.45) is 69.5 Å². The first-order chi connectivity index (χ1) is 16.3. The van der Waals surface area contributed by atoms with Crippen molar-refractivity contribution in [3.8, 4) is 0 Å². The molecule has 0 amide bonds. The fraction of sp³-hybridized carbons (Fsp3) is 1.00. The number of aliphatic hydroxyl groups excluding tert-OH is 1. The average Bonchev–Trinajstić information content (AvgIpc) is 3.14. The average molecular weight is 467 g/mol. The van der Waals surface area contributed by atoms with E-state index in [-0.39, 0.29) is 6.10 Å². The molecule has 192 valence electrons. The van der Waals surface area contributed by atoms with Crippen molar-refractivity contribution in [3.05, 3.63) is 0 Å². The molecular weight excluding hydrogens is 412 g/mol. The van der Waals surface area contributed by atoms with Crippen molar-refractivity contribution in [2.45, 2.75) is 136 Å². The molecule has 9 atom stereocenters. The van der Waals surface area contributed by atoms with Crippen molar-refractivity contribution in [2.75, 3.05) is 0 Å². The molecular formula is C33H54O. The third-order valence-electron chi connectivity index (χ3n) is 14.7. The zero-order chi connectivity index (χ0) is 23.3. The maximum Gasteiger partial charge on any atom is 0.0543 e. The summed E-state index contributed by atoms with van der Waals surface area (Å²) < 4.78 is 0. The topological polar surface area (TPSA) is 20.2 Å². The molecule has 0 aromatic heterocycles. The van der Waals surface area contributed by atoms with E-state index >= 15 is 0 Å². The molecule has 8 fully saturated rings. The number of hydrogen-bond acceptors (Lipinski definition) is 1. The maximum atomic E-state index is 10.4. The van der Waals surface area contributed by atoms with Gasteiger partial charge in [0.2, 0.25) is 0 Å². The van der Waals surface area contributed by atoms with E-state index in [0.29, 0.717) is 10.8 Å². The Morgan fingerprint density at radius 2 is 1.38 bits per heavy atom. The van der Waals surface area contributed by atoms with Gasteiger partial charge in [0.25, 0.3) is 0 Å². The lowest BCUT2D eigenvalue weighted by molar-refractivity contribution is -0.129. The first-order valence-corrected chi connectivity index (χ1v) is 16.0. The van der Waals surface area contributed by atoms with Crippen LogP contribution in [0.2, 0.25) is 0 Å². The summed E-state index contributed by atoms with van der Waals surface area (Å²) in [5, 5.41) is 10.4. The number of rotatable bonds is 4. The second-order valence-corrected chi connectivity index (χ2v) is 16.2. The minimum Gasteiger partial charge on any atom is -0.393 e.